The van der Waals surface area contributed by atoms with E-state index in [9.17, 15) is 4.79 Å². The van der Waals surface area contributed by atoms with Crippen molar-refractivity contribution in [3.8, 4) is 21.8 Å². The molecule has 5 nitrogen and oxygen atoms in total. The standard InChI is InChI=1S/C20H16ClN3O2S/c1-3-26-20(25)18-17(13-8-4-5-9-14(13)21)22-19(27-18)16-12(2)23-24-11-7-6-10-15(16)24/h4-11H,3H2,1-2H3. The molecule has 1 aromatic carbocycles. The van der Waals surface area contributed by atoms with Gasteiger partial charge in [-0.25, -0.2) is 14.3 Å². The molecule has 0 bridgehead atoms. The van der Waals surface area contributed by atoms with Gasteiger partial charge in [0.25, 0.3) is 0 Å². The molecular weight excluding hydrogens is 382 g/mol. The van der Waals surface area contributed by atoms with E-state index in [1.807, 2.05) is 54.0 Å². The zero-order chi connectivity index (χ0) is 19.0. The lowest BCUT2D eigenvalue weighted by Crippen LogP contribution is -2.04. The monoisotopic (exact) mass is 397 g/mol. The third-order valence-corrected chi connectivity index (χ3v) is 5.53. The fourth-order valence-corrected chi connectivity index (χ4v) is 4.28. The molecule has 4 aromatic rings. The number of ether oxygens (including phenoxy) is 1. The number of aryl methyl sites for hydroxylation is 1. The average molecular weight is 398 g/mol. The summed E-state index contributed by atoms with van der Waals surface area (Å²) in [6, 6.07) is 13.2. The number of carbonyl (C=O) groups excluding carboxylic acids is 1. The highest BCUT2D eigenvalue weighted by molar-refractivity contribution is 7.17. The number of rotatable bonds is 4. The summed E-state index contributed by atoms with van der Waals surface area (Å²) in [5.41, 5.74) is 3.93. The maximum atomic E-state index is 12.6. The predicted molar refractivity (Wildman–Crippen MR) is 107 cm³/mol. The molecule has 0 amide bonds. The van der Waals surface area contributed by atoms with Crippen LogP contribution in [0.15, 0.2) is 48.7 Å². The van der Waals surface area contributed by atoms with Gasteiger partial charge >= 0.3 is 5.97 Å². The lowest BCUT2D eigenvalue weighted by atomic mass is 10.1. The molecule has 0 aliphatic carbocycles. The molecule has 0 spiro atoms. The number of fused-ring (bicyclic) bond motifs is 1. The largest absolute Gasteiger partial charge is 0.462 e. The second kappa shape index (κ2) is 7.13. The highest BCUT2D eigenvalue weighted by atomic mass is 35.5. The number of hydrogen-bond donors (Lipinski definition) is 0. The molecule has 0 saturated heterocycles. The van der Waals surface area contributed by atoms with Crippen LogP contribution >= 0.6 is 22.9 Å². The number of halogens is 1. The van der Waals surface area contributed by atoms with E-state index in [1.165, 1.54) is 11.3 Å². The molecule has 27 heavy (non-hydrogen) atoms. The molecule has 4 rings (SSSR count). The Balaban J connectivity index is 1.95. The number of aromatic nitrogens is 3. The molecule has 0 fully saturated rings. The molecule has 0 aliphatic rings. The lowest BCUT2D eigenvalue weighted by molar-refractivity contribution is 0.0532. The lowest BCUT2D eigenvalue weighted by Gasteiger charge is -2.04. The first-order valence-electron chi connectivity index (χ1n) is 8.47. The maximum Gasteiger partial charge on any atom is 0.350 e. The Morgan fingerprint density at radius 1 is 1.22 bits per heavy atom. The van der Waals surface area contributed by atoms with E-state index < -0.39 is 5.97 Å². The molecule has 0 saturated carbocycles. The highest BCUT2D eigenvalue weighted by Gasteiger charge is 2.25. The van der Waals surface area contributed by atoms with E-state index >= 15 is 0 Å². The third kappa shape index (κ3) is 3.11. The first-order chi connectivity index (χ1) is 13.1. The Kier molecular flexibility index (Phi) is 4.68. The number of pyridine rings is 1. The SMILES string of the molecule is CCOC(=O)c1sc(-c2c(C)nn3ccccc23)nc1-c1ccccc1Cl. The van der Waals surface area contributed by atoms with Crippen LogP contribution in [0.4, 0.5) is 0 Å². The minimum atomic E-state index is -0.398. The van der Waals surface area contributed by atoms with Crippen LogP contribution in [0.2, 0.25) is 5.02 Å². The van der Waals surface area contributed by atoms with Gasteiger partial charge in [0.15, 0.2) is 0 Å². The molecule has 7 heteroatoms. The molecule has 3 heterocycles. The van der Waals surface area contributed by atoms with Gasteiger partial charge in [0.05, 0.1) is 34.1 Å². The van der Waals surface area contributed by atoms with Crippen molar-refractivity contribution in [2.45, 2.75) is 13.8 Å². The minimum absolute atomic E-state index is 0.295. The second-order valence-corrected chi connectivity index (χ2v) is 7.29. The maximum absolute atomic E-state index is 12.6. The Morgan fingerprint density at radius 2 is 2.00 bits per heavy atom. The van der Waals surface area contributed by atoms with Gasteiger partial charge < -0.3 is 4.74 Å². The van der Waals surface area contributed by atoms with Crippen molar-refractivity contribution in [2.24, 2.45) is 0 Å². The van der Waals surface area contributed by atoms with Crippen molar-refractivity contribution in [1.29, 1.82) is 0 Å². The van der Waals surface area contributed by atoms with Crippen LogP contribution in [0.5, 0.6) is 0 Å². The molecular formula is C20H16ClN3O2S. The zero-order valence-corrected chi connectivity index (χ0v) is 16.3. The summed E-state index contributed by atoms with van der Waals surface area (Å²) in [5.74, 6) is -0.398. The number of carbonyl (C=O) groups is 1. The number of thiazole rings is 1. The highest BCUT2D eigenvalue weighted by Crippen LogP contribution is 2.39. The molecule has 0 N–H and O–H groups in total. The third-order valence-electron chi connectivity index (χ3n) is 4.15. The smallest absolute Gasteiger partial charge is 0.350 e. The van der Waals surface area contributed by atoms with Crippen molar-refractivity contribution in [2.75, 3.05) is 6.61 Å². The zero-order valence-electron chi connectivity index (χ0n) is 14.8. The van der Waals surface area contributed by atoms with E-state index in [0.29, 0.717) is 32.8 Å². The van der Waals surface area contributed by atoms with Gasteiger partial charge in [0, 0.05) is 11.8 Å². The van der Waals surface area contributed by atoms with Gasteiger partial charge in [-0.3, -0.25) is 0 Å². The van der Waals surface area contributed by atoms with E-state index in [1.54, 1.807) is 13.0 Å². The van der Waals surface area contributed by atoms with Gasteiger partial charge in [0.2, 0.25) is 0 Å². The summed E-state index contributed by atoms with van der Waals surface area (Å²) in [7, 11) is 0. The Morgan fingerprint density at radius 3 is 2.78 bits per heavy atom. The number of esters is 1. The van der Waals surface area contributed by atoms with E-state index in [4.69, 9.17) is 21.3 Å². The van der Waals surface area contributed by atoms with Crippen LogP contribution in [0.25, 0.3) is 27.3 Å². The normalized spacial score (nSPS) is 11.1. The topological polar surface area (TPSA) is 56.5 Å². The number of hydrogen-bond acceptors (Lipinski definition) is 5. The van der Waals surface area contributed by atoms with Crippen LogP contribution in [0, 0.1) is 6.92 Å². The van der Waals surface area contributed by atoms with Crippen molar-refractivity contribution < 1.29 is 9.53 Å². The van der Waals surface area contributed by atoms with Gasteiger partial charge in [-0.15, -0.1) is 11.3 Å². The number of benzene rings is 1. The Bertz CT molecular complexity index is 1150. The van der Waals surface area contributed by atoms with Crippen LogP contribution in [-0.4, -0.2) is 27.2 Å². The fraction of sp³-hybridized carbons (Fsp3) is 0.150. The van der Waals surface area contributed by atoms with Crippen LogP contribution in [0.3, 0.4) is 0 Å². The summed E-state index contributed by atoms with van der Waals surface area (Å²) in [6.07, 6.45) is 1.89. The number of nitrogens with zero attached hydrogens (tertiary/aromatic N) is 3. The summed E-state index contributed by atoms with van der Waals surface area (Å²) < 4.78 is 7.06. The summed E-state index contributed by atoms with van der Waals surface area (Å²) in [4.78, 5) is 17.8. The molecule has 0 atom stereocenters. The van der Waals surface area contributed by atoms with Crippen LogP contribution in [0.1, 0.15) is 22.3 Å². The van der Waals surface area contributed by atoms with Gasteiger partial charge in [-0.05, 0) is 32.0 Å². The summed E-state index contributed by atoms with van der Waals surface area (Å²) >= 11 is 7.67. The molecule has 0 aliphatic heterocycles. The molecule has 3 aromatic heterocycles. The molecule has 136 valence electrons. The van der Waals surface area contributed by atoms with Crippen molar-refractivity contribution in [1.82, 2.24) is 14.6 Å². The van der Waals surface area contributed by atoms with E-state index in [2.05, 4.69) is 5.10 Å². The van der Waals surface area contributed by atoms with Crippen molar-refractivity contribution in [3.63, 3.8) is 0 Å². The Hall–Kier alpha value is -2.70. The summed E-state index contributed by atoms with van der Waals surface area (Å²) in [5, 5.41) is 5.79. The average Bonchev–Trinajstić information content (AvgIpc) is 3.22. The first kappa shape index (κ1) is 17.7. The first-order valence-corrected chi connectivity index (χ1v) is 9.66. The molecule has 0 unspecified atom stereocenters. The predicted octanol–water partition coefficient (Wildman–Crippen LogP) is 5.26. The summed E-state index contributed by atoms with van der Waals surface area (Å²) in [6.45, 7) is 4.01. The van der Waals surface area contributed by atoms with Crippen molar-refractivity contribution in [3.05, 3.63) is 64.3 Å². The minimum Gasteiger partial charge on any atom is -0.462 e. The second-order valence-electron chi connectivity index (χ2n) is 5.89. The Labute approximate surface area is 165 Å². The fourth-order valence-electron chi connectivity index (χ4n) is 2.98. The van der Waals surface area contributed by atoms with Gasteiger partial charge in [0.1, 0.15) is 9.88 Å². The molecule has 0 radical (unpaired) electrons. The van der Waals surface area contributed by atoms with Crippen LogP contribution in [-0.2, 0) is 4.74 Å². The van der Waals surface area contributed by atoms with E-state index in [-0.39, 0.29) is 0 Å². The van der Waals surface area contributed by atoms with Gasteiger partial charge in [-0.1, -0.05) is 35.9 Å². The van der Waals surface area contributed by atoms with Gasteiger partial charge in [-0.2, -0.15) is 5.10 Å². The van der Waals surface area contributed by atoms with E-state index in [0.717, 1.165) is 16.8 Å². The quantitative estimate of drug-likeness (QED) is 0.440. The van der Waals surface area contributed by atoms with Crippen molar-refractivity contribution >= 4 is 34.4 Å². The van der Waals surface area contributed by atoms with Crippen LogP contribution < -0.4 is 0 Å².